The van der Waals surface area contributed by atoms with E-state index in [1.165, 1.54) is 0 Å². The van der Waals surface area contributed by atoms with E-state index in [0.717, 1.165) is 61.4 Å². The third-order valence-electron chi connectivity index (χ3n) is 8.29. The molecule has 2 aliphatic rings. The predicted molar refractivity (Wildman–Crippen MR) is 203 cm³/mol. The van der Waals surface area contributed by atoms with Crippen molar-refractivity contribution >= 4 is 64.3 Å². The van der Waals surface area contributed by atoms with Gasteiger partial charge < -0.3 is 30.4 Å². The molecular formula is C41H36N6O5. The molecule has 0 spiro atoms. The van der Waals surface area contributed by atoms with Crippen LogP contribution in [0.25, 0.3) is 68.6 Å². The maximum absolute atomic E-state index is 13.0. The highest BCUT2D eigenvalue weighted by atomic mass is 16.6. The lowest BCUT2D eigenvalue weighted by atomic mass is 9.97. The zero-order chi connectivity index (χ0) is 36.4. The molecule has 0 atom stereocenters. The number of carbonyl (C=O) groups excluding carboxylic acids is 2. The molecule has 0 radical (unpaired) electrons. The molecule has 2 amide bonds. The SMILES string of the molecule is CC(C)(C)OC(=O)NCCNC(=O)c1ccc(-c2cc3cc4nc(cc5ccc(cc6nc(c(-c7ccc(C(=O)O)cc7)c2[nH]3)C=C6)[nH]5)C=C4)cc1. The van der Waals surface area contributed by atoms with Crippen molar-refractivity contribution in [2.75, 3.05) is 13.1 Å². The molecule has 5 heterocycles. The number of amides is 2. The third-order valence-corrected chi connectivity index (χ3v) is 8.29. The normalized spacial score (nSPS) is 12.1. The first kappa shape index (κ1) is 33.7. The number of carbonyl (C=O) groups is 3. The van der Waals surface area contributed by atoms with Crippen molar-refractivity contribution < 1.29 is 24.2 Å². The molecule has 5 N–H and O–H groups in total. The third kappa shape index (κ3) is 7.68. The molecule has 3 aromatic heterocycles. The number of aromatic carboxylic acids is 1. The number of carboxylic acids is 1. The summed E-state index contributed by atoms with van der Waals surface area (Å²) < 4.78 is 5.24. The van der Waals surface area contributed by atoms with Gasteiger partial charge in [0.05, 0.1) is 33.9 Å². The fraction of sp³-hybridized carbons (Fsp3) is 0.146. The van der Waals surface area contributed by atoms with Crippen molar-refractivity contribution in [1.29, 1.82) is 0 Å². The van der Waals surface area contributed by atoms with Crippen molar-refractivity contribution in [2.45, 2.75) is 26.4 Å². The number of nitrogens with one attached hydrogen (secondary N) is 4. The van der Waals surface area contributed by atoms with Gasteiger partial charge in [0.2, 0.25) is 0 Å². The van der Waals surface area contributed by atoms with Gasteiger partial charge in [-0.25, -0.2) is 19.6 Å². The highest BCUT2D eigenvalue weighted by Gasteiger charge is 2.18. The molecule has 7 rings (SSSR count). The van der Waals surface area contributed by atoms with E-state index in [9.17, 15) is 19.5 Å². The number of H-pyrrole nitrogens is 2. The van der Waals surface area contributed by atoms with Crippen molar-refractivity contribution in [3.8, 4) is 22.3 Å². The Bertz CT molecular complexity index is 2430. The number of alkyl carbamates (subject to hydrolysis) is 1. The number of hydrogen-bond acceptors (Lipinski definition) is 6. The lowest BCUT2D eigenvalue weighted by molar-refractivity contribution is 0.0526. The van der Waals surface area contributed by atoms with Crippen LogP contribution in [0.4, 0.5) is 4.79 Å². The number of benzene rings is 2. The number of carboxylic acid groups (broad SMARTS) is 1. The molecule has 0 saturated carbocycles. The largest absolute Gasteiger partial charge is 0.478 e. The minimum Gasteiger partial charge on any atom is -0.478 e. The van der Waals surface area contributed by atoms with Gasteiger partial charge in [-0.3, -0.25) is 4.79 Å². The van der Waals surface area contributed by atoms with Crippen LogP contribution >= 0.6 is 0 Å². The second kappa shape index (κ2) is 13.9. The zero-order valence-corrected chi connectivity index (χ0v) is 28.8. The van der Waals surface area contributed by atoms with E-state index in [1.807, 2.05) is 72.8 Å². The van der Waals surface area contributed by atoms with E-state index in [2.05, 4.69) is 20.6 Å². The standard InChI is InChI=1S/C41H36N6O5/c1-41(2,3)52-40(51)43-19-18-42-38(48)26-8-4-24(5-9-26)34-23-33-22-31-15-14-29(45-31)20-28-12-13-30(44-28)21-32-16-17-35(46-32)36(37(34)47-33)25-6-10-27(11-7-25)39(49)50/h4-17,20-23,44,47H,18-19H2,1-3H3,(H,42,48)(H,43,51)(H,49,50). The topological polar surface area (TPSA) is 162 Å². The summed E-state index contributed by atoms with van der Waals surface area (Å²) in [4.78, 5) is 53.4. The minimum atomic E-state index is -1.01. The van der Waals surface area contributed by atoms with Crippen LogP contribution in [0.5, 0.6) is 0 Å². The van der Waals surface area contributed by atoms with E-state index in [1.54, 1.807) is 57.2 Å². The minimum absolute atomic E-state index is 0.176. The number of hydrogen-bond donors (Lipinski definition) is 5. The molecular weight excluding hydrogens is 656 g/mol. The number of nitrogens with zero attached hydrogens (tertiary/aromatic N) is 2. The van der Waals surface area contributed by atoms with Gasteiger partial charge in [0.15, 0.2) is 0 Å². The van der Waals surface area contributed by atoms with E-state index in [-0.39, 0.29) is 24.6 Å². The summed E-state index contributed by atoms with van der Waals surface area (Å²) in [6.45, 7) is 5.80. The van der Waals surface area contributed by atoms with Gasteiger partial charge >= 0.3 is 12.1 Å². The molecule has 52 heavy (non-hydrogen) atoms. The summed E-state index contributed by atoms with van der Waals surface area (Å²) in [5.41, 5.74) is 9.64. The molecule has 0 aliphatic carbocycles. The van der Waals surface area contributed by atoms with E-state index in [4.69, 9.17) is 14.7 Å². The van der Waals surface area contributed by atoms with Gasteiger partial charge in [-0.2, -0.15) is 0 Å². The maximum Gasteiger partial charge on any atom is 0.407 e. The van der Waals surface area contributed by atoms with Crippen LogP contribution in [0.1, 0.15) is 64.3 Å². The average molecular weight is 693 g/mol. The summed E-state index contributed by atoms with van der Waals surface area (Å²) in [7, 11) is 0. The molecule has 0 fully saturated rings. The van der Waals surface area contributed by atoms with Crippen molar-refractivity contribution in [3.05, 3.63) is 119 Å². The average Bonchev–Trinajstić information content (AvgIpc) is 3.92. The van der Waals surface area contributed by atoms with Crippen LogP contribution in [0.15, 0.2) is 84.9 Å². The van der Waals surface area contributed by atoms with Gasteiger partial charge in [-0.15, -0.1) is 0 Å². The van der Waals surface area contributed by atoms with Crippen LogP contribution in [0.3, 0.4) is 0 Å². The summed E-state index contributed by atoms with van der Waals surface area (Å²) in [6.07, 6.45) is 7.26. The Morgan fingerprint density at radius 1 is 0.673 bits per heavy atom. The lowest BCUT2D eigenvalue weighted by Crippen LogP contribution is -2.37. The molecule has 0 unspecified atom stereocenters. The van der Waals surface area contributed by atoms with E-state index in [0.29, 0.717) is 11.3 Å². The Balaban J connectivity index is 1.32. The first-order valence-electron chi connectivity index (χ1n) is 16.8. The Morgan fingerprint density at radius 2 is 1.25 bits per heavy atom. The van der Waals surface area contributed by atoms with Crippen LogP contribution < -0.4 is 10.6 Å². The summed E-state index contributed by atoms with van der Waals surface area (Å²) in [5.74, 6) is -1.29. The summed E-state index contributed by atoms with van der Waals surface area (Å²) >= 11 is 0. The molecule has 11 nitrogen and oxygen atoms in total. The number of rotatable bonds is 7. The summed E-state index contributed by atoms with van der Waals surface area (Å²) in [6, 6.07) is 25.9. The van der Waals surface area contributed by atoms with Gasteiger partial charge in [0, 0.05) is 46.3 Å². The van der Waals surface area contributed by atoms with Crippen LogP contribution in [0, 0.1) is 0 Å². The quantitative estimate of drug-likeness (QED) is 0.106. The second-order valence-corrected chi connectivity index (χ2v) is 13.4. The highest BCUT2D eigenvalue weighted by molar-refractivity contribution is 6.01. The molecule has 0 saturated heterocycles. The lowest BCUT2D eigenvalue weighted by Gasteiger charge is -2.19. The fourth-order valence-corrected chi connectivity index (χ4v) is 5.96. The molecule has 11 heteroatoms. The maximum atomic E-state index is 13.0. The zero-order valence-electron chi connectivity index (χ0n) is 28.8. The predicted octanol–water partition coefficient (Wildman–Crippen LogP) is 7.94. The van der Waals surface area contributed by atoms with E-state index >= 15 is 0 Å². The highest BCUT2D eigenvalue weighted by Crippen LogP contribution is 2.37. The molecule has 8 bridgehead atoms. The summed E-state index contributed by atoms with van der Waals surface area (Å²) in [5, 5.41) is 15.1. The molecule has 260 valence electrons. The van der Waals surface area contributed by atoms with Crippen molar-refractivity contribution in [1.82, 2.24) is 30.6 Å². The van der Waals surface area contributed by atoms with Gasteiger partial charge in [0.1, 0.15) is 5.60 Å². The fourth-order valence-electron chi connectivity index (χ4n) is 5.96. The van der Waals surface area contributed by atoms with Crippen LogP contribution in [-0.2, 0) is 4.74 Å². The number of aromatic amines is 2. The Kier molecular flexibility index (Phi) is 9.00. The van der Waals surface area contributed by atoms with Crippen molar-refractivity contribution in [3.63, 3.8) is 0 Å². The van der Waals surface area contributed by atoms with Gasteiger partial charge in [-0.05, 0) is 117 Å². The Morgan fingerprint density at radius 3 is 1.90 bits per heavy atom. The first-order chi connectivity index (χ1) is 25.0. The number of aromatic nitrogens is 4. The number of ether oxygens (including phenoxy) is 1. The van der Waals surface area contributed by atoms with Gasteiger partial charge in [-0.1, -0.05) is 24.3 Å². The van der Waals surface area contributed by atoms with E-state index < -0.39 is 17.7 Å². The Hall–Kier alpha value is -6.75. The smallest absolute Gasteiger partial charge is 0.407 e. The van der Waals surface area contributed by atoms with Crippen molar-refractivity contribution in [2.24, 2.45) is 0 Å². The van der Waals surface area contributed by atoms with Crippen LogP contribution in [-0.4, -0.2) is 61.7 Å². The van der Waals surface area contributed by atoms with Gasteiger partial charge in [0.25, 0.3) is 5.91 Å². The molecule has 2 aromatic carbocycles. The van der Waals surface area contributed by atoms with Crippen LogP contribution in [0.2, 0.25) is 0 Å². The number of fused-ring (bicyclic) bond motifs is 8. The Labute approximate surface area is 299 Å². The second-order valence-electron chi connectivity index (χ2n) is 13.4. The first-order valence-corrected chi connectivity index (χ1v) is 16.8. The molecule has 5 aromatic rings. The molecule has 2 aliphatic heterocycles. The monoisotopic (exact) mass is 692 g/mol.